The first-order chi connectivity index (χ1) is 11.9. The molecule has 2 amide bonds. The number of nitrogens with one attached hydrogen (secondary N) is 2. The SMILES string of the molecule is O=C(NCc1ccnc(OCC(F)(F)F)c1)NC1CCCC(CO)C1. The molecule has 0 spiro atoms. The Labute approximate surface area is 143 Å². The van der Waals surface area contributed by atoms with Crippen molar-refractivity contribution in [2.45, 2.75) is 44.4 Å². The summed E-state index contributed by atoms with van der Waals surface area (Å²) >= 11 is 0. The van der Waals surface area contributed by atoms with Crippen LogP contribution in [-0.2, 0) is 6.54 Å². The van der Waals surface area contributed by atoms with Gasteiger partial charge in [-0.15, -0.1) is 0 Å². The van der Waals surface area contributed by atoms with Crippen LogP contribution in [0.5, 0.6) is 5.88 Å². The third-order valence-electron chi connectivity index (χ3n) is 4.01. The molecule has 0 aromatic carbocycles. The molecule has 0 bridgehead atoms. The van der Waals surface area contributed by atoms with Crippen LogP contribution < -0.4 is 15.4 Å². The molecule has 2 atom stereocenters. The van der Waals surface area contributed by atoms with Gasteiger partial charge in [0.1, 0.15) is 0 Å². The monoisotopic (exact) mass is 361 g/mol. The van der Waals surface area contributed by atoms with Crippen LogP contribution in [0.4, 0.5) is 18.0 Å². The van der Waals surface area contributed by atoms with Gasteiger partial charge in [-0.2, -0.15) is 13.2 Å². The van der Waals surface area contributed by atoms with Crippen LogP contribution in [0.1, 0.15) is 31.2 Å². The number of carbonyl (C=O) groups excluding carboxylic acids is 1. The Balaban J connectivity index is 1.77. The molecule has 2 unspecified atom stereocenters. The predicted molar refractivity (Wildman–Crippen MR) is 84.0 cm³/mol. The fourth-order valence-corrected chi connectivity index (χ4v) is 2.80. The third-order valence-corrected chi connectivity index (χ3v) is 4.01. The number of alkyl halides is 3. The maximum atomic E-state index is 12.1. The normalized spacial score (nSPS) is 20.8. The molecule has 3 N–H and O–H groups in total. The van der Waals surface area contributed by atoms with Crippen LogP contribution in [0.2, 0.25) is 0 Å². The van der Waals surface area contributed by atoms with Gasteiger partial charge in [0, 0.05) is 31.5 Å². The number of hydrogen-bond acceptors (Lipinski definition) is 4. The lowest BCUT2D eigenvalue weighted by Gasteiger charge is -2.28. The number of carbonyl (C=O) groups is 1. The lowest BCUT2D eigenvalue weighted by atomic mass is 9.86. The average Bonchev–Trinajstić information content (AvgIpc) is 2.58. The number of nitrogens with zero attached hydrogens (tertiary/aromatic N) is 1. The Morgan fingerprint density at radius 3 is 2.92 bits per heavy atom. The van der Waals surface area contributed by atoms with E-state index >= 15 is 0 Å². The second-order valence-corrected chi connectivity index (χ2v) is 6.15. The van der Waals surface area contributed by atoms with Gasteiger partial charge in [-0.25, -0.2) is 9.78 Å². The molecule has 0 saturated heterocycles. The van der Waals surface area contributed by atoms with Gasteiger partial charge in [0.05, 0.1) is 0 Å². The minimum absolute atomic E-state index is 0.0222. The van der Waals surface area contributed by atoms with Crippen LogP contribution in [0.15, 0.2) is 18.3 Å². The summed E-state index contributed by atoms with van der Waals surface area (Å²) in [7, 11) is 0. The second kappa shape index (κ2) is 8.89. The van der Waals surface area contributed by atoms with Crippen molar-refractivity contribution in [1.82, 2.24) is 15.6 Å². The van der Waals surface area contributed by atoms with Crippen molar-refractivity contribution in [2.24, 2.45) is 5.92 Å². The molecule has 0 radical (unpaired) electrons. The number of aromatic nitrogens is 1. The van der Waals surface area contributed by atoms with Crippen LogP contribution in [0.3, 0.4) is 0 Å². The summed E-state index contributed by atoms with van der Waals surface area (Å²) in [4.78, 5) is 15.6. The van der Waals surface area contributed by atoms with Crippen LogP contribution in [-0.4, -0.2) is 41.6 Å². The number of aliphatic hydroxyl groups is 1. The molecule has 9 heteroatoms. The molecule has 1 heterocycles. The summed E-state index contributed by atoms with van der Waals surface area (Å²) < 4.78 is 41.0. The quantitative estimate of drug-likeness (QED) is 0.726. The molecule has 6 nitrogen and oxygen atoms in total. The van der Waals surface area contributed by atoms with Gasteiger partial charge in [-0.05, 0) is 36.8 Å². The van der Waals surface area contributed by atoms with Crippen molar-refractivity contribution in [1.29, 1.82) is 0 Å². The van der Waals surface area contributed by atoms with E-state index < -0.39 is 12.8 Å². The molecule has 1 aliphatic carbocycles. The largest absolute Gasteiger partial charge is 0.468 e. The topological polar surface area (TPSA) is 83.5 Å². The number of hydrogen-bond donors (Lipinski definition) is 3. The second-order valence-electron chi connectivity index (χ2n) is 6.15. The molecule has 1 aliphatic rings. The number of ether oxygens (including phenoxy) is 1. The summed E-state index contributed by atoms with van der Waals surface area (Å²) in [6.07, 6.45) is 0.438. The van der Waals surface area contributed by atoms with Crippen LogP contribution in [0, 0.1) is 5.92 Å². The zero-order valence-corrected chi connectivity index (χ0v) is 13.7. The highest BCUT2D eigenvalue weighted by atomic mass is 19.4. The minimum atomic E-state index is -4.43. The standard InChI is InChI=1S/C16H22F3N3O3/c17-16(18,19)10-25-14-7-11(4-5-20-14)8-21-15(24)22-13-3-1-2-12(6-13)9-23/h4-5,7,12-13,23H,1-3,6,8-10H2,(H2,21,22,24). The number of urea groups is 1. The van der Waals surface area contributed by atoms with Gasteiger partial charge in [0.2, 0.25) is 5.88 Å². The van der Waals surface area contributed by atoms with Crippen molar-refractivity contribution in [2.75, 3.05) is 13.2 Å². The summed E-state index contributed by atoms with van der Waals surface area (Å²) in [6, 6.07) is 2.62. The van der Waals surface area contributed by atoms with Crippen molar-refractivity contribution in [3.8, 4) is 5.88 Å². The molecule has 1 aromatic heterocycles. The maximum absolute atomic E-state index is 12.1. The fourth-order valence-electron chi connectivity index (χ4n) is 2.80. The molecule has 2 rings (SSSR count). The molecule has 1 saturated carbocycles. The van der Waals surface area contributed by atoms with Gasteiger partial charge < -0.3 is 20.5 Å². The molecular weight excluding hydrogens is 339 g/mol. The highest BCUT2D eigenvalue weighted by molar-refractivity contribution is 5.74. The predicted octanol–water partition coefficient (Wildman–Crippen LogP) is 2.37. The lowest BCUT2D eigenvalue weighted by molar-refractivity contribution is -0.154. The number of pyridine rings is 1. The first-order valence-electron chi connectivity index (χ1n) is 8.15. The summed E-state index contributed by atoms with van der Waals surface area (Å²) in [5.74, 6) is 0.0719. The molecule has 25 heavy (non-hydrogen) atoms. The van der Waals surface area contributed by atoms with Crippen molar-refractivity contribution < 1.29 is 27.8 Å². The van der Waals surface area contributed by atoms with Crippen molar-refractivity contribution in [3.05, 3.63) is 23.9 Å². The smallest absolute Gasteiger partial charge is 0.422 e. The number of rotatable bonds is 6. The van der Waals surface area contributed by atoms with Gasteiger partial charge in [-0.3, -0.25) is 0 Å². The van der Waals surface area contributed by atoms with E-state index in [2.05, 4.69) is 20.4 Å². The van der Waals surface area contributed by atoms with Crippen LogP contribution >= 0.6 is 0 Å². The average molecular weight is 361 g/mol. The number of aliphatic hydroxyl groups excluding tert-OH is 1. The molecule has 140 valence electrons. The highest BCUT2D eigenvalue weighted by Gasteiger charge is 2.28. The molecule has 1 aromatic rings. The summed E-state index contributed by atoms with van der Waals surface area (Å²) in [5, 5.41) is 14.7. The molecule has 0 aliphatic heterocycles. The maximum Gasteiger partial charge on any atom is 0.422 e. The summed E-state index contributed by atoms with van der Waals surface area (Å²) in [6.45, 7) is -1.14. The van der Waals surface area contributed by atoms with E-state index in [1.165, 1.54) is 12.3 Å². The van der Waals surface area contributed by atoms with E-state index in [9.17, 15) is 23.1 Å². The highest BCUT2D eigenvalue weighted by Crippen LogP contribution is 2.23. The first kappa shape index (κ1) is 19.3. The van der Waals surface area contributed by atoms with Gasteiger partial charge in [0.25, 0.3) is 0 Å². The molecular formula is C16H22F3N3O3. The van der Waals surface area contributed by atoms with E-state index in [0.29, 0.717) is 5.56 Å². The van der Waals surface area contributed by atoms with E-state index in [1.807, 2.05) is 0 Å². The van der Waals surface area contributed by atoms with E-state index in [0.717, 1.165) is 25.7 Å². The fraction of sp³-hybridized carbons (Fsp3) is 0.625. The van der Waals surface area contributed by atoms with E-state index in [-0.39, 0.29) is 37.0 Å². The lowest BCUT2D eigenvalue weighted by Crippen LogP contribution is -2.44. The molecule has 1 fully saturated rings. The van der Waals surface area contributed by atoms with Crippen molar-refractivity contribution in [3.63, 3.8) is 0 Å². The first-order valence-corrected chi connectivity index (χ1v) is 8.15. The Kier molecular flexibility index (Phi) is 6.86. The number of amides is 2. The number of halogens is 3. The Bertz CT molecular complexity index is 569. The zero-order chi connectivity index (χ0) is 18.3. The van der Waals surface area contributed by atoms with E-state index in [1.54, 1.807) is 6.07 Å². The van der Waals surface area contributed by atoms with Gasteiger partial charge in [-0.1, -0.05) is 6.42 Å². The Morgan fingerprint density at radius 2 is 2.20 bits per heavy atom. The third kappa shape index (κ3) is 7.16. The van der Waals surface area contributed by atoms with Crippen molar-refractivity contribution >= 4 is 6.03 Å². The summed E-state index contributed by atoms with van der Waals surface area (Å²) in [5.41, 5.74) is 0.583. The van der Waals surface area contributed by atoms with Crippen LogP contribution in [0.25, 0.3) is 0 Å². The zero-order valence-electron chi connectivity index (χ0n) is 13.7. The van der Waals surface area contributed by atoms with E-state index in [4.69, 9.17) is 0 Å². The minimum Gasteiger partial charge on any atom is -0.468 e. The van der Waals surface area contributed by atoms with Gasteiger partial charge in [0.15, 0.2) is 6.61 Å². The Hall–Kier alpha value is -2.03. The van der Waals surface area contributed by atoms with Gasteiger partial charge >= 0.3 is 12.2 Å². The Morgan fingerprint density at radius 1 is 1.40 bits per heavy atom.